The molecule has 1 fully saturated rings. The highest BCUT2D eigenvalue weighted by atomic mass is 15.2. The number of hydrogen-bond acceptors (Lipinski definition) is 5. The minimum Gasteiger partial charge on any atom is -0.373 e. The van der Waals surface area contributed by atoms with E-state index in [4.69, 9.17) is 0 Å². The molecule has 5 nitrogen and oxygen atoms in total. The molecule has 0 aromatic carbocycles. The van der Waals surface area contributed by atoms with Crippen LogP contribution in [0.4, 0.5) is 5.82 Å². The van der Waals surface area contributed by atoms with Crippen LogP contribution in [0.25, 0.3) is 0 Å². The van der Waals surface area contributed by atoms with Gasteiger partial charge < -0.3 is 10.2 Å². The van der Waals surface area contributed by atoms with Crippen molar-refractivity contribution in [1.82, 2.24) is 19.8 Å². The highest BCUT2D eigenvalue weighted by Crippen LogP contribution is 2.16. The molecule has 19 heavy (non-hydrogen) atoms. The lowest BCUT2D eigenvalue weighted by molar-refractivity contribution is 0.125. The first-order valence-corrected chi connectivity index (χ1v) is 6.99. The predicted octanol–water partition coefficient (Wildman–Crippen LogP) is 1.35. The number of nitrogens with one attached hydrogen (secondary N) is 1. The van der Waals surface area contributed by atoms with Crippen molar-refractivity contribution in [3.63, 3.8) is 0 Å². The van der Waals surface area contributed by atoms with Gasteiger partial charge in [0.2, 0.25) is 0 Å². The SMILES string of the molecule is CNc1cc(C)nc(CN2CCCC(N(C)C)C2)n1. The molecule has 1 atom stereocenters. The summed E-state index contributed by atoms with van der Waals surface area (Å²) in [7, 11) is 6.22. The van der Waals surface area contributed by atoms with Crippen LogP contribution in [0.2, 0.25) is 0 Å². The second kappa shape index (κ2) is 6.30. The molecule has 0 radical (unpaired) electrons. The van der Waals surface area contributed by atoms with Crippen molar-refractivity contribution >= 4 is 5.82 Å². The van der Waals surface area contributed by atoms with E-state index in [1.807, 2.05) is 20.0 Å². The Morgan fingerprint density at radius 2 is 2.21 bits per heavy atom. The summed E-state index contributed by atoms with van der Waals surface area (Å²) in [4.78, 5) is 13.9. The van der Waals surface area contributed by atoms with Crippen LogP contribution in [-0.4, -0.2) is 60.0 Å². The molecule has 1 aliphatic heterocycles. The number of aryl methyl sites for hydroxylation is 1. The topological polar surface area (TPSA) is 44.3 Å². The Hall–Kier alpha value is -1.20. The number of piperidine rings is 1. The van der Waals surface area contributed by atoms with Crippen LogP contribution in [0, 0.1) is 6.92 Å². The molecular weight excluding hydrogens is 238 g/mol. The monoisotopic (exact) mass is 263 g/mol. The van der Waals surface area contributed by atoms with Crippen LogP contribution in [0.15, 0.2) is 6.07 Å². The maximum Gasteiger partial charge on any atom is 0.144 e. The van der Waals surface area contributed by atoms with E-state index in [1.165, 1.54) is 12.8 Å². The third-order valence-electron chi connectivity index (χ3n) is 3.73. The fourth-order valence-electron chi connectivity index (χ4n) is 2.63. The zero-order chi connectivity index (χ0) is 13.8. The molecule has 106 valence electrons. The number of nitrogens with zero attached hydrogens (tertiary/aromatic N) is 4. The molecule has 1 saturated heterocycles. The maximum atomic E-state index is 4.54. The van der Waals surface area contributed by atoms with E-state index < -0.39 is 0 Å². The Balaban J connectivity index is 2.02. The summed E-state index contributed by atoms with van der Waals surface area (Å²) >= 11 is 0. The summed E-state index contributed by atoms with van der Waals surface area (Å²) in [6.07, 6.45) is 2.55. The van der Waals surface area contributed by atoms with Gasteiger partial charge in [0.1, 0.15) is 11.6 Å². The fraction of sp³-hybridized carbons (Fsp3) is 0.714. The van der Waals surface area contributed by atoms with E-state index in [0.717, 1.165) is 37.0 Å². The van der Waals surface area contributed by atoms with Crippen molar-refractivity contribution in [2.75, 3.05) is 39.5 Å². The molecule has 5 heteroatoms. The van der Waals surface area contributed by atoms with Crippen LogP contribution in [0.1, 0.15) is 24.4 Å². The highest BCUT2D eigenvalue weighted by molar-refractivity contribution is 5.34. The molecular formula is C14H25N5. The molecule has 1 unspecified atom stereocenters. The van der Waals surface area contributed by atoms with Crippen LogP contribution >= 0.6 is 0 Å². The van der Waals surface area contributed by atoms with Gasteiger partial charge in [-0.1, -0.05) is 0 Å². The molecule has 1 aromatic heterocycles. The van der Waals surface area contributed by atoms with E-state index in [2.05, 4.69) is 39.2 Å². The number of likely N-dealkylation sites (tertiary alicyclic amines) is 1. The van der Waals surface area contributed by atoms with E-state index in [0.29, 0.717) is 6.04 Å². The molecule has 2 rings (SSSR count). The Morgan fingerprint density at radius 3 is 2.89 bits per heavy atom. The second-order valence-electron chi connectivity index (χ2n) is 5.56. The van der Waals surface area contributed by atoms with Gasteiger partial charge in [0.05, 0.1) is 6.54 Å². The molecule has 1 aromatic rings. The van der Waals surface area contributed by atoms with Crippen molar-refractivity contribution < 1.29 is 0 Å². The normalized spacial score (nSPS) is 20.8. The van der Waals surface area contributed by atoms with E-state index in [-0.39, 0.29) is 0 Å². The predicted molar refractivity (Wildman–Crippen MR) is 78.3 cm³/mol. The Kier molecular flexibility index (Phi) is 4.71. The number of rotatable bonds is 4. The smallest absolute Gasteiger partial charge is 0.144 e. The summed E-state index contributed by atoms with van der Waals surface area (Å²) in [5, 5.41) is 3.09. The van der Waals surface area contributed by atoms with Gasteiger partial charge in [0, 0.05) is 31.4 Å². The number of aromatic nitrogens is 2. The number of likely N-dealkylation sites (N-methyl/N-ethyl adjacent to an activating group) is 1. The van der Waals surface area contributed by atoms with Gasteiger partial charge in [-0.25, -0.2) is 9.97 Å². The lowest BCUT2D eigenvalue weighted by atomic mass is 10.1. The van der Waals surface area contributed by atoms with Gasteiger partial charge in [-0.3, -0.25) is 4.90 Å². The third-order valence-corrected chi connectivity index (χ3v) is 3.73. The zero-order valence-corrected chi connectivity index (χ0v) is 12.5. The van der Waals surface area contributed by atoms with E-state index in [1.54, 1.807) is 0 Å². The Labute approximate surface area is 116 Å². The molecule has 1 aliphatic rings. The van der Waals surface area contributed by atoms with Crippen molar-refractivity contribution in [2.45, 2.75) is 32.4 Å². The van der Waals surface area contributed by atoms with Crippen molar-refractivity contribution in [2.24, 2.45) is 0 Å². The largest absolute Gasteiger partial charge is 0.373 e. The standard InChI is InChI=1S/C14H25N5/c1-11-8-13(15-2)17-14(16-11)10-19-7-5-6-12(9-19)18(3)4/h8,12H,5-7,9-10H2,1-4H3,(H,15,16,17). The van der Waals surface area contributed by atoms with Crippen molar-refractivity contribution in [3.8, 4) is 0 Å². The lowest BCUT2D eigenvalue weighted by Gasteiger charge is -2.35. The summed E-state index contributed by atoms with van der Waals surface area (Å²) in [5.41, 5.74) is 1.02. The minimum absolute atomic E-state index is 0.655. The number of hydrogen-bond donors (Lipinski definition) is 1. The summed E-state index contributed by atoms with van der Waals surface area (Å²) in [5.74, 6) is 1.83. The van der Waals surface area contributed by atoms with Crippen molar-refractivity contribution in [3.05, 3.63) is 17.6 Å². The van der Waals surface area contributed by atoms with Gasteiger partial charge in [0.15, 0.2) is 0 Å². The summed E-state index contributed by atoms with van der Waals surface area (Å²) in [6.45, 7) is 5.13. The van der Waals surface area contributed by atoms with Gasteiger partial charge in [-0.2, -0.15) is 0 Å². The van der Waals surface area contributed by atoms with Crippen LogP contribution < -0.4 is 5.32 Å². The first-order valence-electron chi connectivity index (χ1n) is 6.99. The maximum absolute atomic E-state index is 4.54. The first kappa shape index (κ1) is 14.2. The first-order chi connectivity index (χ1) is 9.08. The molecule has 0 bridgehead atoms. The third kappa shape index (κ3) is 3.88. The van der Waals surface area contributed by atoms with E-state index >= 15 is 0 Å². The van der Waals surface area contributed by atoms with Gasteiger partial charge in [-0.15, -0.1) is 0 Å². The second-order valence-corrected chi connectivity index (χ2v) is 5.56. The van der Waals surface area contributed by atoms with Gasteiger partial charge in [0.25, 0.3) is 0 Å². The van der Waals surface area contributed by atoms with Crippen molar-refractivity contribution in [1.29, 1.82) is 0 Å². The van der Waals surface area contributed by atoms with Crippen LogP contribution in [0.5, 0.6) is 0 Å². The van der Waals surface area contributed by atoms with Gasteiger partial charge in [-0.05, 0) is 40.4 Å². The summed E-state index contributed by atoms with van der Waals surface area (Å²) < 4.78 is 0. The molecule has 0 spiro atoms. The van der Waals surface area contributed by atoms with E-state index in [9.17, 15) is 0 Å². The Bertz CT molecular complexity index is 418. The Morgan fingerprint density at radius 1 is 1.42 bits per heavy atom. The molecule has 1 N–H and O–H groups in total. The molecule has 2 heterocycles. The quantitative estimate of drug-likeness (QED) is 0.888. The minimum atomic E-state index is 0.655. The molecule has 0 saturated carbocycles. The van der Waals surface area contributed by atoms with Crippen LogP contribution in [-0.2, 0) is 6.54 Å². The molecule has 0 aliphatic carbocycles. The lowest BCUT2D eigenvalue weighted by Crippen LogP contribution is -2.44. The zero-order valence-electron chi connectivity index (χ0n) is 12.5. The average molecular weight is 263 g/mol. The van der Waals surface area contributed by atoms with Crippen LogP contribution in [0.3, 0.4) is 0 Å². The molecule has 0 amide bonds. The fourth-order valence-corrected chi connectivity index (χ4v) is 2.63. The highest BCUT2D eigenvalue weighted by Gasteiger charge is 2.22. The summed E-state index contributed by atoms with van der Waals surface area (Å²) in [6, 6.07) is 2.63. The number of anilines is 1. The average Bonchev–Trinajstić information content (AvgIpc) is 2.38. The van der Waals surface area contributed by atoms with Gasteiger partial charge >= 0.3 is 0 Å².